The zero-order valence-corrected chi connectivity index (χ0v) is 14.5. The average molecular weight is 377 g/mol. The molecule has 0 aliphatic carbocycles. The highest BCUT2D eigenvalue weighted by molar-refractivity contribution is 9.08. The molecule has 0 radical (unpaired) electrons. The van der Waals surface area contributed by atoms with E-state index in [1.165, 1.54) is 6.92 Å². The van der Waals surface area contributed by atoms with E-state index < -0.39 is 12.3 Å². The van der Waals surface area contributed by atoms with Gasteiger partial charge in [-0.2, -0.15) is 0 Å². The van der Waals surface area contributed by atoms with Gasteiger partial charge in [-0.05, 0) is 29.8 Å². The summed E-state index contributed by atoms with van der Waals surface area (Å²) in [6, 6.07) is 14.2. The van der Waals surface area contributed by atoms with Crippen LogP contribution in [0.3, 0.4) is 0 Å². The van der Waals surface area contributed by atoms with Crippen LogP contribution in [0.25, 0.3) is 0 Å². The molecular weight excluding hydrogens is 360 g/mol. The third kappa shape index (κ3) is 4.93. The normalized spacial score (nSPS) is 11.6. The predicted molar refractivity (Wildman–Crippen MR) is 90.8 cm³/mol. The standard InChI is InChI=1S/C18H17BrO4/c1-12(20)22-13(2)23-17-9-7-16(8-10-17)18(21)15-5-3-14(11-19)4-6-15/h3-10,13H,11H2,1-2H3. The molecule has 0 aliphatic heterocycles. The average Bonchev–Trinajstić information content (AvgIpc) is 2.54. The lowest BCUT2D eigenvalue weighted by Crippen LogP contribution is -2.19. The summed E-state index contributed by atoms with van der Waals surface area (Å²) in [7, 11) is 0. The molecule has 2 aromatic carbocycles. The lowest BCUT2D eigenvalue weighted by atomic mass is 10.0. The largest absolute Gasteiger partial charge is 0.455 e. The summed E-state index contributed by atoms with van der Waals surface area (Å²) in [6.45, 7) is 2.95. The molecule has 4 nitrogen and oxygen atoms in total. The van der Waals surface area contributed by atoms with Gasteiger partial charge in [0.1, 0.15) is 5.75 Å². The Kier molecular flexibility index (Phi) is 5.93. The van der Waals surface area contributed by atoms with Crippen molar-refractivity contribution in [3.8, 4) is 5.75 Å². The fourth-order valence-electron chi connectivity index (χ4n) is 2.05. The Balaban J connectivity index is 2.06. The van der Waals surface area contributed by atoms with Crippen molar-refractivity contribution in [2.75, 3.05) is 0 Å². The van der Waals surface area contributed by atoms with E-state index >= 15 is 0 Å². The van der Waals surface area contributed by atoms with Crippen LogP contribution in [0.2, 0.25) is 0 Å². The monoisotopic (exact) mass is 376 g/mol. The predicted octanol–water partition coefficient (Wildman–Crippen LogP) is 4.10. The first-order chi connectivity index (χ1) is 11.0. The number of ketones is 1. The highest BCUT2D eigenvalue weighted by Gasteiger charge is 2.11. The van der Waals surface area contributed by atoms with E-state index in [2.05, 4.69) is 15.9 Å². The lowest BCUT2D eigenvalue weighted by Gasteiger charge is -2.14. The molecular formula is C18H17BrO4. The molecule has 1 atom stereocenters. The fourth-order valence-corrected chi connectivity index (χ4v) is 2.42. The van der Waals surface area contributed by atoms with Crippen LogP contribution in [0.4, 0.5) is 0 Å². The smallest absolute Gasteiger partial charge is 0.305 e. The van der Waals surface area contributed by atoms with E-state index in [0.29, 0.717) is 16.9 Å². The summed E-state index contributed by atoms with van der Waals surface area (Å²) in [5.74, 6) is 0.0758. The van der Waals surface area contributed by atoms with Crippen molar-refractivity contribution in [3.05, 3.63) is 65.2 Å². The number of carbonyl (C=O) groups is 2. The Labute approximate surface area is 143 Å². The number of halogens is 1. The number of alkyl halides is 1. The van der Waals surface area contributed by atoms with Gasteiger partial charge in [0.2, 0.25) is 6.29 Å². The van der Waals surface area contributed by atoms with Gasteiger partial charge in [0, 0.05) is 30.3 Å². The number of esters is 1. The van der Waals surface area contributed by atoms with E-state index in [1.54, 1.807) is 31.2 Å². The first-order valence-electron chi connectivity index (χ1n) is 7.13. The van der Waals surface area contributed by atoms with Crippen LogP contribution in [-0.2, 0) is 14.9 Å². The highest BCUT2D eigenvalue weighted by atomic mass is 79.9. The molecule has 0 amide bonds. The second-order valence-electron chi connectivity index (χ2n) is 4.98. The van der Waals surface area contributed by atoms with Crippen LogP contribution >= 0.6 is 15.9 Å². The van der Waals surface area contributed by atoms with Crippen LogP contribution in [0.5, 0.6) is 5.75 Å². The Hall–Kier alpha value is -2.14. The minimum atomic E-state index is -0.675. The lowest BCUT2D eigenvalue weighted by molar-refractivity contribution is -0.158. The first kappa shape index (κ1) is 17.2. The quantitative estimate of drug-likeness (QED) is 0.329. The molecule has 0 aromatic heterocycles. The van der Waals surface area contributed by atoms with Gasteiger partial charge < -0.3 is 9.47 Å². The maximum absolute atomic E-state index is 12.4. The topological polar surface area (TPSA) is 52.6 Å². The molecule has 0 saturated heterocycles. The zero-order chi connectivity index (χ0) is 16.8. The summed E-state index contributed by atoms with van der Waals surface area (Å²) in [6.07, 6.45) is -0.675. The summed E-state index contributed by atoms with van der Waals surface area (Å²) in [5, 5.41) is 0.758. The van der Waals surface area contributed by atoms with Gasteiger partial charge >= 0.3 is 5.97 Å². The van der Waals surface area contributed by atoms with Crippen molar-refractivity contribution in [1.29, 1.82) is 0 Å². The van der Waals surface area contributed by atoms with E-state index in [0.717, 1.165) is 10.9 Å². The van der Waals surface area contributed by atoms with Crippen LogP contribution in [0.1, 0.15) is 35.3 Å². The summed E-state index contributed by atoms with van der Waals surface area (Å²) in [5.41, 5.74) is 2.32. The molecule has 0 bridgehead atoms. The minimum absolute atomic E-state index is 0.0503. The first-order valence-corrected chi connectivity index (χ1v) is 8.25. The van der Waals surface area contributed by atoms with Crippen LogP contribution in [-0.4, -0.2) is 18.0 Å². The Morgan fingerprint density at radius 2 is 1.52 bits per heavy atom. The molecule has 2 rings (SSSR count). The maximum Gasteiger partial charge on any atom is 0.305 e. The third-order valence-electron chi connectivity index (χ3n) is 3.12. The molecule has 0 aliphatic rings. The van der Waals surface area contributed by atoms with Crippen molar-refractivity contribution in [3.63, 3.8) is 0 Å². The Bertz CT molecular complexity index is 677. The molecule has 0 heterocycles. The van der Waals surface area contributed by atoms with Crippen LogP contribution in [0, 0.1) is 0 Å². The van der Waals surface area contributed by atoms with Gasteiger partial charge in [-0.15, -0.1) is 0 Å². The van der Waals surface area contributed by atoms with Crippen molar-refractivity contribution in [2.45, 2.75) is 25.5 Å². The molecule has 5 heteroatoms. The van der Waals surface area contributed by atoms with Gasteiger partial charge in [-0.1, -0.05) is 40.2 Å². The maximum atomic E-state index is 12.4. The molecule has 0 N–H and O–H groups in total. The van der Waals surface area contributed by atoms with Gasteiger partial charge in [0.05, 0.1) is 0 Å². The molecule has 23 heavy (non-hydrogen) atoms. The molecule has 0 fully saturated rings. The van der Waals surface area contributed by atoms with Gasteiger partial charge in [0.15, 0.2) is 5.78 Å². The van der Waals surface area contributed by atoms with Gasteiger partial charge in [0.25, 0.3) is 0 Å². The third-order valence-corrected chi connectivity index (χ3v) is 3.77. The molecule has 2 aromatic rings. The van der Waals surface area contributed by atoms with Crippen LogP contribution in [0.15, 0.2) is 48.5 Å². The zero-order valence-electron chi connectivity index (χ0n) is 12.9. The molecule has 0 saturated carbocycles. The number of hydrogen-bond acceptors (Lipinski definition) is 4. The SMILES string of the molecule is CC(=O)OC(C)Oc1ccc(C(=O)c2ccc(CBr)cc2)cc1. The highest BCUT2D eigenvalue weighted by Crippen LogP contribution is 2.18. The van der Waals surface area contributed by atoms with E-state index in [1.807, 2.05) is 24.3 Å². The minimum Gasteiger partial charge on any atom is -0.455 e. The molecule has 1 unspecified atom stereocenters. The Morgan fingerprint density at radius 1 is 1.00 bits per heavy atom. The second-order valence-corrected chi connectivity index (χ2v) is 5.54. The van der Waals surface area contributed by atoms with Crippen molar-refractivity contribution < 1.29 is 19.1 Å². The fraction of sp³-hybridized carbons (Fsp3) is 0.222. The van der Waals surface area contributed by atoms with Crippen LogP contribution < -0.4 is 4.74 Å². The van der Waals surface area contributed by atoms with Crippen molar-refractivity contribution in [2.24, 2.45) is 0 Å². The Morgan fingerprint density at radius 3 is 2.00 bits per heavy atom. The number of rotatable bonds is 6. The number of carbonyl (C=O) groups excluding carboxylic acids is 2. The number of hydrogen-bond donors (Lipinski definition) is 0. The van der Waals surface area contributed by atoms with E-state index in [9.17, 15) is 9.59 Å². The van der Waals surface area contributed by atoms with Crippen molar-refractivity contribution in [1.82, 2.24) is 0 Å². The number of ether oxygens (including phenoxy) is 2. The molecule has 120 valence electrons. The molecule has 0 spiro atoms. The summed E-state index contributed by atoms with van der Waals surface area (Å²) in [4.78, 5) is 23.2. The van der Waals surface area contributed by atoms with Crippen molar-refractivity contribution >= 4 is 27.7 Å². The van der Waals surface area contributed by atoms with Gasteiger partial charge in [-0.3, -0.25) is 9.59 Å². The second kappa shape index (κ2) is 7.92. The summed E-state index contributed by atoms with van der Waals surface area (Å²) < 4.78 is 10.3. The number of benzene rings is 2. The van der Waals surface area contributed by atoms with E-state index in [4.69, 9.17) is 9.47 Å². The van der Waals surface area contributed by atoms with Gasteiger partial charge in [-0.25, -0.2) is 0 Å². The van der Waals surface area contributed by atoms with E-state index in [-0.39, 0.29) is 5.78 Å². The summed E-state index contributed by atoms with van der Waals surface area (Å²) >= 11 is 3.38.